The van der Waals surface area contributed by atoms with Crippen LogP contribution in [0.1, 0.15) is 26.2 Å². The Morgan fingerprint density at radius 3 is 2.93 bits per heavy atom. The van der Waals surface area contributed by atoms with E-state index in [-0.39, 0.29) is 11.2 Å². The largest absolute Gasteiger partial charge is 0.354 e. The molecule has 0 aromatic carbocycles. The fourth-order valence-corrected chi connectivity index (χ4v) is 2.74. The van der Waals surface area contributed by atoms with Gasteiger partial charge in [0.1, 0.15) is 0 Å². The highest BCUT2D eigenvalue weighted by atomic mass is 32.2. The molecule has 0 saturated carbocycles. The van der Waals surface area contributed by atoms with Gasteiger partial charge in [0.2, 0.25) is 5.91 Å². The molecule has 1 aliphatic heterocycles. The number of thioether (sulfide) groups is 1. The van der Waals surface area contributed by atoms with Gasteiger partial charge in [-0.2, -0.15) is 0 Å². The first-order valence-electron chi connectivity index (χ1n) is 5.44. The predicted molar refractivity (Wildman–Crippen MR) is 61.7 cm³/mol. The van der Waals surface area contributed by atoms with Gasteiger partial charge in [0, 0.05) is 13.1 Å². The Morgan fingerprint density at radius 2 is 2.29 bits per heavy atom. The van der Waals surface area contributed by atoms with Crippen LogP contribution in [0.3, 0.4) is 0 Å². The van der Waals surface area contributed by atoms with Crippen molar-refractivity contribution in [3.05, 3.63) is 0 Å². The quantitative estimate of drug-likeness (QED) is 0.674. The zero-order valence-electron chi connectivity index (χ0n) is 8.84. The third-order valence-corrected chi connectivity index (χ3v) is 3.70. The molecule has 0 radical (unpaired) electrons. The summed E-state index contributed by atoms with van der Waals surface area (Å²) in [6.07, 6.45) is 3.53. The molecule has 1 heterocycles. The van der Waals surface area contributed by atoms with E-state index in [2.05, 4.69) is 17.6 Å². The number of hydrogen-bond donors (Lipinski definition) is 2. The Labute approximate surface area is 90.4 Å². The predicted octanol–water partition coefficient (Wildman–Crippen LogP) is 0.998. The molecule has 3 nitrogen and oxygen atoms in total. The molecule has 1 amide bonds. The Morgan fingerprint density at radius 1 is 1.43 bits per heavy atom. The molecule has 2 N–H and O–H groups in total. The summed E-state index contributed by atoms with van der Waals surface area (Å²) in [5.74, 6) is 1.37. The van der Waals surface area contributed by atoms with Crippen LogP contribution in [0.4, 0.5) is 0 Å². The van der Waals surface area contributed by atoms with E-state index in [9.17, 15) is 4.79 Å². The molecule has 0 aromatic rings. The van der Waals surface area contributed by atoms with E-state index in [0.29, 0.717) is 0 Å². The summed E-state index contributed by atoms with van der Waals surface area (Å²) >= 11 is 1.80. The molecule has 1 saturated heterocycles. The fourth-order valence-electron chi connectivity index (χ4n) is 1.51. The van der Waals surface area contributed by atoms with E-state index in [1.54, 1.807) is 11.8 Å². The summed E-state index contributed by atoms with van der Waals surface area (Å²) in [5, 5.41) is 6.36. The van der Waals surface area contributed by atoms with Crippen LogP contribution in [-0.4, -0.2) is 36.5 Å². The molecule has 1 unspecified atom stereocenters. The van der Waals surface area contributed by atoms with Crippen molar-refractivity contribution in [3.8, 4) is 0 Å². The lowest BCUT2D eigenvalue weighted by atomic mass is 10.2. The van der Waals surface area contributed by atoms with Gasteiger partial charge in [-0.25, -0.2) is 0 Å². The van der Waals surface area contributed by atoms with Crippen LogP contribution in [0.15, 0.2) is 0 Å². The molecule has 1 aliphatic rings. The van der Waals surface area contributed by atoms with Crippen LogP contribution in [0.5, 0.6) is 0 Å². The van der Waals surface area contributed by atoms with Crippen molar-refractivity contribution in [3.63, 3.8) is 0 Å². The van der Waals surface area contributed by atoms with Crippen molar-refractivity contribution in [1.82, 2.24) is 10.6 Å². The molecule has 0 bridgehead atoms. The SMILES string of the molecule is CCNCCNC(=O)C1CCCCS1. The van der Waals surface area contributed by atoms with Gasteiger partial charge >= 0.3 is 0 Å². The summed E-state index contributed by atoms with van der Waals surface area (Å²) in [4.78, 5) is 11.6. The van der Waals surface area contributed by atoms with E-state index < -0.39 is 0 Å². The van der Waals surface area contributed by atoms with Crippen LogP contribution in [0.2, 0.25) is 0 Å². The molecule has 1 rings (SSSR count). The summed E-state index contributed by atoms with van der Waals surface area (Å²) < 4.78 is 0. The van der Waals surface area contributed by atoms with Crippen molar-refractivity contribution in [1.29, 1.82) is 0 Å². The maximum atomic E-state index is 11.6. The lowest BCUT2D eigenvalue weighted by molar-refractivity contribution is -0.120. The van der Waals surface area contributed by atoms with Crippen LogP contribution in [-0.2, 0) is 4.79 Å². The lowest BCUT2D eigenvalue weighted by Crippen LogP contribution is -2.38. The van der Waals surface area contributed by atoms with Crippen LogP contribution in [0, 0.1) is 0 Å². The molecular weight excluding hydrogens is 196 g/mol. The first kappa shape index (κ1) is 11.9. The van der Waals surface area contributed by atoms with Gasteiger partial charge in [-0.15, -0.1) is 11.8 Å². The minimum absolute atomic E-state index is 0.213. The second-order valence-electron chi connectivity index (χ2n) is 3.50. The fraction of sp³-hybridized carbons (Fsp3) is 0.900. The maximum absolute atomic E-state index is 11.6. The number of carbonyl (C=O) groups is 1. The minimum atomic E-state index is 0.213. The Balaban J connectivity index is 2.07. The molecule has 0 aliphatic carbocycles. The third kappa shape index (κ3) is 4.33. The van der Waals surface area contributed by atoms with Crippen molar-refractivity contribution < 1.29 is 4.79 Å². The van der Waals surface area contributed by atoms with E-state index in [4.69, 9.17) is 0 Å². The number of nitrogens with one attached hydrogen (secondary N) is 2. The molecular formula is C10H20N2OS. The molecule has 0 aromatic heterocycles. The normalized spacial score (nSPS) is 21.9. The van der Waals surface area contributed by atoms with Crippen molar-refractivity contribution in [2.75, 3.05) is 25.4 Å². The van der Waals surface area contributed by atoms with Crippen LogP contribution >= 0.6 is 11.8 Å². The molecule has 0 spiro atoms. The molecule has 1 fully saturated rings. The molecule has 1 atom stereocenters. The van der Waals surface area contributed by atoms with E-state index in [1.165, 1.54) is 12.8 Å². The summed E-state index contributed by atoms with van der Waals surface area (Å²) in [6.45, 7) is 4.66. The maximum Gasteiger partial charge on any atom is 0.233 e. The molecule has 14 heavy (non-hydrogen) atoms. The topological polar surface area (TPSA) is 41.1 Å². The van der Waals surface area contributed by atoms with E-state index in [1.807, 2.05) is 0 Å². The number of likely N-dealkylation sites (N-methyl/N-ethyl adjacent to an activating group) is 1. The number of hydrogen-bond acceptors (Lipinski definition) is 3. The molecule has 82 valence electrons. The van der Waals surface area contributed by atoms with Gasteiger partial charge < -0.3 is 10.6 Å². The van der Waals surface area contributed by atoms with Gasteiger partial charge in [0.15, 0.2) is 0 Å². The zero-order valence-corrected chi connectivity index (χ0v) is 9.66. The van der Waals surface area contributed by atoms with Crippen molar-refractivity contribution in [2.45, 2.75) is 31.4 Å². The number of carbonyl (C=O) groups excluding carboxylic acids is 1. The highest BCUT2D eigenvalue weighted by Gasteiger charge is 2.20. The highest BCUT2D eigenvalue weighted by molar-refractivity contribution is 8.00. The van der Waals surface area contributed by atoms with E-state index >= 15 is 0 Å². The second kappa shape index (κ2) is 7.12. The van der Waals surface area contributed by atoms with Gasteiger partial charge in [0.05, 0.1) is 5.25 Å². The first-order valence-corrected chi connectivity index (χ1v) is 6.49. The average Bonchev–Trinajstić information content (AvgIpc) is 2.25. The zero-order chi connectivity index (χ0) is 10.2. The Hall–Kier alpha value is -0.220. The van der Waals surface area contributed by atoms with Crippen molar-refractivity contribution >= 4 is 17.7 Å². The summed E-state index contributed by atoms with van der Waals surface area (Å²) in [6, 6.07) is 0. The summed E-state index contributed by atoms with van der Waals surface area (Å²) in [5.41, 5.74) is 0. The van der Waals surface area contributed by atoms with Gasteiger partial charge in [-0.1, -0.05) is 13.3 Å². The standard InChI is InChI=1S/C10H20N2OS/c1-2-11-6-7-12-10(13)9-5-3-4-8-14-9/h9,11H,2-8H2,1H3,(H,12,13). The highest BCUT2D eigenvalue weighted by Crippen LogP contribution is 2.24. The number of rotatable bonds is 5. The monoisotopic (exact) mass is 216 g/mol. The van der Waals surface area contributed by atoms with E-state index in [0.717, 1.165) is 31.8 Å². The van der Waals surface area contributed by atoms with Crippen LogP contribution in [0.25, 0.3) is 0 Å². The smallest absolute Gasteiger partial charge is 0.233 e. The van der Waals surface area contributed by atoms with Crippen molar-refractivity contribution in [2.24, 2.45) is 0 Å². The third-order valence-electron chi connectivity index (χ3n) is 2.32. The minimum Gasteiger partial charge on any atom is -0.354 e. The van der Waals surface area contributed by atoms with Gasteiger partial charge in [0.25, 0.3) is 0 Å². The second-order valence-corrected chi connectivity index (χ2v) is 4.81. The average molecular weight is 216 g/mol. The van der Waals surface area contributed by atoms with Gasteiger partial charge in [-0.05, 0) is 25.1 Å². The van der Waals surface area contributed by atoms with Gasteiger partial charge in [-0.3, -0.25) is 4.79 Å². The van der Waals surface area contributed by atoms with Crippen LogP contribution < -0.4 is 10.6 Å². The summed E-state index contributed by atoms with van der Waals surface area (Å²) in [7, 11) is 0. The Bertz CT molecular complexity index is 170. The number of amides is 1. The Kier molecular flexibility index (Phi) is 6.03. The molecule has 4 heteroatoms. The lowest BCUT2D eigenvalue weighted by Gasteiger charge is -2.20. The first-order chi connectivity index (χ1) is 6.84.